The largest absolute Gasteiger partial charge is 0.345 e. The number of benzene rings is 2. The third-order valence-electron chi connectivity index (χ3n) is 5.92. The molecule has 2 N–H and O–H groups in total. The molecule has 32 heavy (non-hydrogen) atoms. The summed E-state index contributed by atoms with van der Waals surface area (Å²) >= 11 is 1.55. The molecule has 7 heteroatoms. The van der Waals surface area contributed by atoms with Gasteiger partial charge in [-0.1, -0.05) is 24.3 Å². The lowest BCUT2D eigenvalue weighted by molar-refractivity contribution is 0.240. The van der Waals surface area contributed by atoms with Crippen molar-refractivity contribution in [3.63, 3.8) is 0 Å². The number of para-hydroxylation sites is 1. The molecule has 1 unspecified atom stereocenters. The number of carbonyl (C=O) groups is 1. The van der Waals surface area contributed by atoms with Crippen molar-refractivity contribution >= 4 is 33.8 Å². The molecule has 0 fully saturated rings. The van der Waals surface area contributed by atoms with Crippen molar-refractivity contribution in [2.24, 2.45) is 7.05 Å². The summed E-state index contributed by atoms with van der Waals surface area (Å²) in [5.74, 6) is 0. The third kappa shape index (κ3) is 3.26. The Labute approximate surface area is 189 Å². The Morgan fingerprint density at radius 3 is 2.72 bits per heavy atom. The van der Waals surface area contributed by atoms with Gasteiger partial charge >= 0.3 is 6.03 Å². The van der Waals surface area contributed by atoms with Crippen molar-refractivity contribution in [2.45, 2.75) is 19.9 Å². The quantitative estimate of drug-likeness (QED) is 0.456. The molecule has 0 bridgehead atoms. The molecule has 5 rings (SSSR count). The fourth-order valence-electron chi connectivity index (χ4n) is 4.33. The van der Waals surface area contributed by atoms with Crippen LogP contribution in [-0.4, -0.2) is 15.6 Å². The molecular weight excluding hydrogens is 418 g/mol. The molecule has 6 nitrogen and oxygen atoms in total. The molecule has 3 heterocycles. The zero-order valence-corrected chi connectivity index (χ0v) is 18.7. The third-order valence-corrected chi connectivity index (χ3v) is 6.80. The Kier molecular flexibility index (Phi) is 4.80. The minimum atomic E-state index is -0.317. The molecular formula is C25H21N5OS. The predicted molar refractivity (Wildman–Crippen MR) is 127 cm³/mol. The minimum absolute atomic E-state index is 0.221. The van der Waals surface area contributed by atoms with Crippen molar-refractivity contribution < 1.29 is 4.79 Å². The van der Waals surface area contributed by atoms with Crippen LogP contribution in [-0.2, 0) is 7.05 Å². The molecule has 0 spiro atoms. The lowest BCUT2D eigenvalue weighted by Crippen LogP contribution is -2.43. The van der Waals surface area contributed by atoms with E-state index < -0.39 is 0 Å². The van der Waals surface area contributed by atoms with Gasteiger partial charge < -0.3 is 15.2 Å². The fraction of sp³-hybridized carbons (Fsp3) is 0.160. The summed E-state index contributed by atoms with van der Waals surface area (Å²) in [5.41, 5.74) is 7.36. The van der Waals surface area contributed by atoms with Gasteiger partial charge in [0.15, 0.2) is 0 Å². The second-order valence-electron chi connectivity index (χ2n) is 7.94. The van der Waals surface area contributed by atoms with Crippen molar-refractivity contribution in [1.82, 2.24) is 20.2 Å². The zero-order valence-electron chi connectivity index (χ0n) is 17.9. The van der Waals surface area contributed by atoms with Crippen LogP contribution in [0.15, 0.2) is 59.6 Å². The highest BCUT2D eigenvalue weighted by molar-refractivity contribution is 7.11. The summed E-state index contributed by atoms with van der Waals surface area (Å²) in [6.07, 6.45) is 0. The number of rotatable bonds is 3. The lowest BCUT2D eigenvalue weighted by atomic mass is 10.00. The van der Waals surface area contributed by atoms with Gasteiger partial charge in [-0.3, -0.25) is 0 Å². The highest BCUT2D eigenvalue weighted by Gasteiger charge is 2.31. The Morgan fingerprint density at radius 2 is 1.97 bits per heavy atom. The number of urea groups is 1. The van der Waals surface area contributed by atoms with Crippen LogP contribution in [0, 0.1) is 18.3 Å². The number of fused-ring (bicyclic) bond motifs is 1. The molecule has 158 valence electrons. The van der Waals surface area contributed by atoms with Gasteiger partial charge in [-0.15, -0.1) is 11.3 Å². The van der Waals surface area contributed by atoms with E-state index in [2.05, 4.69) is 39.5 Å². The first-order valence-electron chi connectivity index (χ1n) is 10.3. The number of thiazole rings is 1. The maximum Gasteiger partial charge on any atom is 0.319 e. The van der Waals surface area contributed by atoms with Crippen LogP contribution in [0.3, 0.4) is 0 Å². The van der Waals surface area contributed by atoms with E-state index >= 15 is 0 Å². The van der Waals surface area contributed by atoms with E-state index in [-0.39, 0.29) is 12.1 Å². The van der Waals surface area contributed by atoms with E-state index in [1.54, 1.807) is 11.3 Å². The molecule has 1 atom stereocenters. The Bertz CT molecular complexity index is 1450. The summed E-state index contributed by atoms with van der Waals surface area (Å²) in [4.78, 5) is 17.3. The van der Waals surface area contributed by atoms with Gasteiger partial charge in [-0.05, 0) is 49.1 Å². The molecule has 4 aromatic rings. The first-order chi connectivity index (χ1) is 15.5. The molecule has 0 radical (unpaired) electrons. The van der Waals surface area contributed by atoms with Crippen LogP contribution in [0.1, 0.15) is 34.8 Å². The van der Waals surface area contributed by atoms with Crippen molar-refractivity contribution in [3.8, 4) is 17.3 Å². The smallest absolute Gasteiger partial charge is 0.319 e. The Hall–Kier alpha value is -3.89. The highest BCUT2D eigenvalue weighted by Crippen LogP contribution is 2.39. The molecule has 2 aromatic heterocycles. The fourth-order valence-corrected chi connectivity index (χ4v) is 5.28. The van der Waals surface area contributed by atoms with Crippen molar-refractivity contribution in [1.29, 1.82) is 5.26 Å². The van der Waals surface area contributed by atoms with Crippen LogP contribution in [0.2, 0.25) is 0 Å². The second-order valence-corrected chi connectivity index (χ2v) is 8.79. The van der Waals surface area contributed by atoms with Crippen molar-refractivity contribution in [3.05, 3.63) is 81.4 Å². The number of nitriles is 1. The first-order valence-corrected chi connectivity index (χ1v) is 11.1. The number of carbonyl (C=O) groups excluding carboxylic acids is 1. The maximum atomic E-state index is 12.4. The number of hydrogen-bond donors (Lipinski definition) is 2. The van der Waals surface area contributed by atoms with Crippen LogP contribution >= 0.6 is 11.3 Å². The van der Waals surface area contributed by atoms with E-state index in [4.69, 9.17) is 10.2 Å². The van der Waals surface area contributed by atoms with E-state index in [0.29, 0.717) is 5.56 Å². The van der Waals surface area contributed by atoms with Crippen LogP contribution in [0.5, 0.6) is 0 Å². The van der Waals surface area contributed by atoms with E-state index in [1.165, 1.54) is 0 Å². The number of allylic oxidation sites excluding steroid dienone is 1. The molecule has 0 saturated carbocycles. The van der Waals surface area contributed by atoms with Crippen LogP contribution in [0.25, 0.3) is 27.7 Å². The standard InChI is InChI=1S/C25H21N5OS/c1-14-10-16(12-26)8-9-18(14)19-13-32-24(28-19)22-15(2)27-25(31)29-23(22)21-11-17-6-4-5-7-20(17)30(21)3/h4-11,13,23H,1-3H3,(H2,27,29,31). The SMILES string of the molecule is CC1=C(c2nc(-c3ccc(C#N)cc3C)cs2)C(c2cc3ccccc3n2C)NC(=O)N1. The molecule has 0 aliphatic carbocycles. The molecule has 1 aliphatic heterocycles. The molecule has 2 amide bonds. The first kappa shape index (κ1) is 20.0. The van der Waals surface area contributed by atoms with Gasteiger partial charge in [0.2, 0.25) is 0 Å². The zero-order chi connectivity index (χ0) is 22.4. The molecule has 0 saturated heterocycles. The second kappa shape index (κ2) is 7.66. The number of amides is 2. The maximum absolute atomic E-state index is 12.4. The number of hydrogen-bond acceptors (Lipinski definition) is 4. The Morgan fingerprint density at radius 1 is 1.16 bits per heavy atom. The van der Waals surface area contributed by atoms with Crippen molar-refractivity contribution in [2.75, 3.05) is 0 Å². The number of nitrogens with zero attached hydrogens (tertiary/aromatic N) is 3. The summed E-state index contributed by atoms with van der Waals surface area (Å²) in [7, 11) is 2.02. The lowest BCUT2D eigenvalue weighted by Gasteiger charge is -2.28. The van der Waals surface area contributed by atoms with Gasteiger partial charge in [0, 0.05) is 40.5 Å². The predicted octanol–water partition coefficient (Wildman–Crippen LogP) is 5.27. The van der Waals surface area contributed by atoms with Crippen LogP contribution < -0.4 is 10.6 Å². The normalized spacial score (nSPS) is 16.1. The Balaban J connectivity index is 1.61. The summed E-state index contributed by atoms with van der Waals surface area (Å²) in [6.45, 7) is 3.90. The number of aryl methyl sites for hydroxylation is 2. The topological polar surface area (TPSA) is 82.7 Å². The highest BCUT2D eigenvalue weighted by atomic mass is 32.1. The van der Waals surface area contributed by atoms with Gasteiger partial charge in [0.05, 0.1) is 17.3 Å². The molecule has 1 aliphatic rings. The minimum Gasteiger partial charge on any atom is -0.345 e. The number of nitrogens with one attached hydrogen (secondary N) is 2. The van der Waals surface area contributed by atoms with Gasteiger partial charge in [0.25, 0.3) is 0 Å². The number of aromatic nitrogens is 2. The van der Waals surface area contributed by atoms with Gasteiger partial charge in [0.1, 0.15) is 11.0 Å². The van der Waals surface area contributed by atoms with E-state index in [0.717, 1.165) is 49.7 Å². The average molecular weight is 440 g/mol. The summed E-state index contributed by atoms with van der Waals surface area (Å²) in [5, 5.41) is 19.2. The van der Waals surface area contributed by atoms with Crippen LogP contribution in [0.4, 0.5) is 4.79 Å². The monoisotopic (exact) mass is 439 g/mol. The van der Waals surface area contributed by atoms with Gasteiger partial charge in [-0.2, -0.15) is 5.26 Å². The summed E-state index contributed by atoms with van der Waals surface area (Å²) < 4.78 is 2.12. The van der Waals surface area contributed by atoms with E-state index in [1.807, 2.05) is 56.6 Å². The summed E-state index contributed by atoms with van der Waals surface area (Å²) in [6, 6.07) is 17.6. The van der Waals surface area contributed by atoms with Gasteiger partial charge in [-0.25, -0.2) is 9.78 Å². The average Bonchev–Trinajstić information content (AvgIpc) is 3.38. The van der Waals surface area contributed by atoms with E-state index in [9.17, 15) is 4.79 Å². The molecule has 2 aromatic carbocycles.